The number of amides is 2. The number of aromatic amines is 1. The molecule has 0 spiro atoms. The first kappa shape index (κ1) is 21.2. The number of carbonyl (C=O) groups is 2. The fraction of sp³-hybridized carbons (Fsp3) is 0.154. The SMILES string of the molecule is CCOC(=O)Nc1cccc(C(=O)NCC(c2ccccc2)c2c[nH]c3ccccc23)c1. The number of hydrogen-bond donors (Lipinski definition) is 3. The number of rotatable bonds is 7. The Kier molecular flexibility index (Phi) is 6.51. The normalized spacial score (nSPS) is 11.7. The van der Waals surface area contributed by atoms with Gasteiger partial charge >= 0.3 is 6.09 Å². The van der Waals surface area contributed by atoms with Gasteiger partial charge in [0.25, 0.3) is 5.91 Å². The highest BCUT2D eigenvalue weighted by molar-refractivity contribution is 5.96. The zero-order valence-electron chi connectivity index (χ0n) is 17.8. The molecule has 0 aliphatic rings. The molecule has 6 heteroatoms. The van der Waals surface area contributed by atoms with Gasteiger partial charge in [0.15, 0.2) is 0 Å². The van der Waals surface area contributed by atoms with E-state index < -0.39 is 6.09 Å². The Bertz CT molecular complexity index is 1220. The summed E-state index contributed by atoms with van der Waals surface area (Å²) in [6.45, 7) is 2.45. The zero-order chi connectivity index (χ0) is 22.3. The highest BCUT2D eigenvalue weighted by atomic mass is 16.5. The van der Waals surface area contributed by atoms with Crippen molar-refractivity contribution >= 4 is 28.6 Å². The summed E-state index contributed by atoms with van der Waals surface area (Å²) in [6.07, 6.45) is 1.46. The minimum atomic E-state index is -0.548. The number of aromatic nitrogens is 1. The van der Waals surface area contributed by atoms with E-state index in [1.165, 1.54) is 0 Å². The number of anilines is 1. The Hall–Kier alpha value is -4.06. The highest BCUT2D eigenvalue weighted by Gasteiger charge is 2.19. The van der Waals surface area contributed by atoms with Crippen LogP contribution in [0.15, 0.2) is 85.1 Å². The number of ether oxygens (including phenoxy) is 1. The van der Waals surface area contributed by atoms with Crippen LogP contribution in [0.4, 0.5) is 10.5 Å². The molecule has 1 unspecified atom stereocenters. The average Bonchev–Trinajstić information content (AvgIpc) is 3.24. The van der Waals surface area contributed by atoms with E-state index >= 15 is 0 Å². The average molecular weight is 428 g/mol. The molecule has 2 amide bonds. The highest BCUT2D eigenvalue weighted by Crippen LogP contribution is 2.30. The largest absolute Gasteiger partial charge is 0.450 e. The third-order valence-electron chi connectivity index (χ3n) is 5.31. The molecule has 3 N–H and O–H groups in total. The molecule has 4 aromatic rings. The number of carbonyl (C=O) groups excluding carboxylic acids is 2. The lowest BCUT2D eigenvalue weighted by Crippen LogP contribution is -2.29. The van der Waals surface area contributed by atoms with Crippen molar-refractivity contribution in [1.29, 1.82) is 0 Å². The molecule has 4 rings (SSSR count). The Morgan fingerprint density at radius 3 is 2.56 bits per heavy atom. The minimum Gasteiger partial charge on any atom is -0.450 e. The summed E-state index contributed by atoms with van der Waals surface area (Å²) in [4.78, 5) is 27.9. The molecular formula is C26H25N3O3. The third-order valence-corrected chi connectivity index (χ3v) is 5.31. The second-order valence-electron chi connectivity index (χ2n) is 7.39. The van der Waals surface area contributed by atoms with E-state index in [1.807, 2.05) is 42.6 Å². The summed E-state index contributed by atoms with van der Waals surface area (Å²) >= 11 is 0. The summed E-state index contributed by atoms with van der Waals surface area (Å²) in [5, 5.41) is 6.82. The Morgan fingerprint density at radius 2 is 1.75 bits per heavy atom. The van der Waals surface area contributed by atoms with E-state index in [0.29, 0.717) is 17.8 Å². The van der Waals surface area contributed by atoms with Crippen molar-refractivity contribution in [2.45, 2.75) is 12.8 Å². The van der Waals surface area contributed by atoms with Crippen molar-refractivity contribution in [2.24, 2.45) is 0 Å². The van der Waals surface area contributed by atoms with Crippen LogP contribution in [0.25, 0.3) is 10.9 Å². The molecule has 0 saturated heterocycles. The summed E-state index contributed by atoms with van der Waals surface area (Å²) in [5.41, 5.74) is 4.28. The molecule has 6 nitrogen and oxygen atoms in total. The molecule has 3 aromatic carbocycles. The van der Waals surface area contributed by atoms with Gasteiger partial charge in [0.1, 0.15) is 0 Å². The molecular weight excluding hydrogens is 402 g/mol. The molecule has 1 aromatic heterocycles. The van der Waals surface area contributed by atoms with Crippen LogP contribution < -0.4 is 10.6 Å². The van der Waals surface area contributed by atoms with Crippen molar-refractivity contribution in [3.05, 3.63) is 102 Å². The summed E-state index contributed by atoms with van der Waals surface area (Å²) < 4.78 is 4.90. The maximum Gasteiger partial charge on any atom is 0.411 e. The molecule has 0 aliphatic heterocycles. The lowest BCUT2D eigenvalue weighted by Gasteiger charge is -2.18. The standard InChI is InChI=1S/C26H25N3O3/c1-2-32-26(31)29-20-12-8-11-19(15-20)25(30)28-16-22(18-9-4-3-5-10-18)23-17-27-24-14-7-6-13-21(23)24/h3-15,17,22,27H,2,16H2,1H3,(H,28,30)(H,29,31). The van der Waals surface area contributed by atoms with Crippen LogP contribution in [-0.2, 0) is 4.74 Å². The maximum absolute atomic E-state index is 12.9. The van der Waals surface area contributed by atoms with Crippen molar-refractivity contribution in [2.75, 3.05) is 18.5 Å². The smallest absolute Gasteiger partial charge is 0.411 e. The number of nitrogens with one attached hydrogen (secondary N) is 3. The number of hydrogen-bond acceptors (Lipinski definition) is 3. The van der Waals surface area contributed by atoms with E-state index in [2.05, 4.69) is 33.8 Å². The van der Waals surface area contributed by atoms with Crippen LogP contribution in [0.5, 0.6) is 0 Å². The monoisotopic (exact) mass is 427 g/mol. The molecule has 0 saturated carbocycles. The van der Waals surface area contributed by atoms with E-state index in [4.69, 9.17) is 4.74 Å². The molecule has 0 radical (unpaired) electrons. The Morgan fingerprint density at radius 1 is 0.969 bits per heavy atom. The van der Waals surface area contributed by atoms with Crippen molar-refractivity contribution in [3.63, 3.8) is 0 Å². The number of fused-ring (bicyclic) bond motifs is 1. The first-order valence-electron chi connectivity index (χ1n) is 10.6. The molecule has 1 heterocycles. The van der Waals surface area contributed by atoms with Crippen LogP contribution in [-0.4, -0.2) is 30.1 Å². The van der Waals surface area contributed by atoms with Crippen molar-refractivity contribution in [1.82, 2.24) is 10.3 Å². The zero-order valence-corrected chi connectivity index (χ0v) is 17.8. The first-order valence-corrected chi connectivity index (χ1v) is 10.6. The molecule has 0 bridgehead atoms. The molecule has 1 atom stereocenters. The lowest BCUT2D eigenvalue weighted by molar-refractivity contribution is 0.0952. The van der Waals surface area contributed by atoms with Crippen LogP contribution in [0.1, 0.15) is 34.3 Å². The summed E-state index contributed by atoms with van der Waals surface area (Å²) in [7, 11) is 0. The van der Waals surface area contributed by atoms with Gasteiger partial charge in [-0.25, -0.2) is 4.79 Å². The van der Waals surface area contributed by atoms with Crippen molar-refractivity contribution in [3.8, 4) is 0 Å². The lowest BCUT2D eigenvalue weighted by atomic mass is 9.91. The molecule has 0 fully saturated rings. The molecule has 0 aliphatic carbocycles. The second-order valence-corrected chi connectivity index (χ2v) is 7.39. The number of benzene rings is 3. The predicted octanol–water partition coefficient (Wildman–Crippen LogP) is 5.30. The van der Waals surface area contributed by atoms with Gasteiger partial charge in [-0.1, -0.05) is 54.6 Å². The van der Waals surface area contributed by atoms with Gasteiger partial charge in [-0.15, -0.1) is 0 Å². The van der Waals surface area contributed by atoms with Gasteiger partial charge in [-0.3, -0.25) is 10.1 Å². The fourth-order valence-electron chi connectivity index (χ4n) is 3.80. The second kappa shape index (κ2) is 9.83. The van der Waals surface area contributed by atoms with Crippen molar-refractivity contribution < 1.29 is 14.3 Å². The van der Waals surface area contributed by atoms with Crippen LogP contribution in [0.3, 0.4) is 0 Å². The van der Waals surface area contributed by atoms with E-state index in [0.717, 1.165) is 22.0 Å². The van der Waals surface area contributed by atoms with Gasteiger partial charge in [0.2, 0.25) is 0 Å². The van der Waals surface area contributed by atoms with Gasteiger partial charge in [-0.05, 0) is 42.3 Å². The van der Waals surface area contributed by atoms with Crippen LogP contribution in [0, 0.1) is 0 Å². The van der Waals surface area contributed by atoms with Crippen LogP contribution in [0.2, 0.25) is 0 Å². The summed E-state index contributed by atoms with van der Waals surface area (Å²) in [5.74, 6) is -0.226. The Labute approximate surface area is 186 Å². The van der Waals surface area contributed by atoms with Gasteiger partial charge in [-0.2, -0.15) is 0 Å². The van der Waals surface area contributed by atoms with Gasteiger partial charge in [0, 0.05) is 40.8 Å². The van der Waals surface area contributed by atoms with Crippen LogP contribution >= 0.6 is 0 Å². The minimum absolute atomic E-state index is 0.0165. The van der Waals surface area contributed by atoms with Gasteiger partial charge < -0.3 is 15.0 Å². The van der Waals surface area contributed by atoms with Gasteiger partial charge in [0.05, 0.1) is 6.61 Å². The molecule has 32 heavy (non-hydrogen) atoms. The third kappa shape index (κ3) is 4.81. The first-order chi connectivity index (χ1) is 15.7. The van der Waals surface area contributed by atoms with E-state index in [9.17, 15) is 9.59 Å². The quantitative estimate of drug-likeness (QED) is 0.374. The number of para-hydroxylation sites is 1. The fourth-order valence-corrected chi connectivity index (χ4v) is 3.80. The summed E-state index contributed by atoms with van der Waals surface area (Å²) in [6, 6.07) is 25.1. The topological polar surface area (TPSA) is 83.2 Å². The Balaban J connectivity index is 1.54. The van der Waals surface area contributed by atoms with E-state index in [1.54, 1.807) is 31.2 Å². The number of H-pyrrole nitrogens is 1. The van der Waals surface area contributed by atoms with E-state index in [-0.39, 0.29) is 18.4 Å². The maximum atomic E-state index is 12.9. The predicted molar refractivity (Wildman–Crippen MR) is 126 cm³/mol. The molecule has 162 valence electrons.